The van der Waals surface area contributed by atoms with Crippen LogP contribution in [0.2, 0.25) is 0 Å². The zero-order valence-corrected chi connectivity index (χ0v) is 14.5. The topological polar surface area (TPSA) is 92.3 Å². The number of aromatic nitrogens is 4. The third-order valence-corrected chi connectivity index (χ3v) is 4.17. The lowest BCUT2D eigenvalue weighted by Crippen LogP contribution is -2.03. The summed E-state index contributed by atoms with van der Waals surface area (Å²) in [4.78, 5) is 11.4. The first kappa shape index (κ1) is 17.0. The van der Waals surface area contributed by atoms with E-state index in [2.05, 4.69) is 20.3 Å². The Morgan fingerprint density at radius 1 is 1.28 bits per heavy atom. The molecule has 0 N–H and O–H groups in total. The van der Waals surface area contributed by atoms with Crippen LogP contribution in [0.4, 0.5) is 0 Å². The van der Waals surface area contributed by atoms with Crippen LogP contribution in [0.5, 0.6) is 5.75 Å². The van der Waals surface area contributed by atoms with Crippen molar-refractivity contribution in [1.82, 2.24) is 20.2 Å². The molecule has 3 aromatic rings. The Hall–Kier alpha value is -2.81. The zero-order chi connectivity index (χ0) is 17.6. The van der Waals surface area contributed by atoms with Crippen molar-refractivity contribution in [2.24, 2.45) is 0 Å². The molecule has 130 valence electrons. The fraction of sp³-hybridized carbons (Fsp3) is 0.250. The largest absolute Gasteiger partial charge is 0.492 e. The Labute approximate surface area is 148 Å². The molecule has 8 nitrogen and oxygen atoms in total. The summed E-state index contributed by atoms with van der Waals surface area (Å²) in [6.07, 6.45) is 0. The standard InChI is InChI=1S/C16H16N4O4S/c1-3-23-13-7-5-4-6-12(13)20-16(17-18-19-20)25-10-11-8-9-14(24-11)15(21)22-2/h4-9H,3,10H2,1-2H3. The third kappa shape index (κ3) is 3.82. The molecule has 9 heteroatoms. The molecule has 0 unspecified atom stereocenters. The van der Waals surface area contributed by atoms with E-state index in [-0.39, 0.29) is 5.76 Å². The van der Waals surface area contributed by atoms with Gasteiger partial charge in [-0.1, -0.05) is 23.9 Å². The minimum atomic E-state index is -0.508. The number of rotatable bonds is 7. The summed E-state index contributed by atoms with van der Waals surface area (Å²) in [6.45, 7) is 2.46. The lowest BCUT2D eigenvalue weighted by atomic mass is 10.3. The highest BCUT2D eigenvalue weighted by molar-refractivity contribution is 7.98. The summed E-state index contributed by atoms with van der Waals surface area (Å²) in [7, 11) is 1.31. The Kier molecular flexibility index (Phi) is 5.34. The number of thioether (sulfide) groups is 1. The molecular weight excluding hydrogens is 344 g/mol. The Morgan fingerprint density at radius 3 is 2.92 bits per heavy atom. The molecule has 0 radical (unpaired) electrons. The molecule has 0 bridgehead atoms. The van der Waals surface area contributed by atoms with Crippen LogP contribution in [-0.4, -0.2) is 39.9 Å². The van der Waals surface area contributed by atoms with Crippen molar-refractivity contribution in [3.05, 3.63) is 47.9 Å². The van der Waals surface area contributed by atoms with Crippen LogP contribution in [0.25, 0.3) is 5.69 Å². The van der Waals surface area contributed by atoms with Crippen molar-refractivity contribution in [1.29, 1.82) is 0 Å². The van der Waals surface area contributed by atoms with Gasteiger partial charge in [-0.2, -0.15) is 4.68 Å². The lowest BCUT2D eigenvalue weighted by Gasteiger charge is -2.10. The second-order valence-corrected chi connectivity index (χ2v) is 5.76. The average molecular weight is 360 g/mol. The number of para-hydroxylation sites is 2. The molecule has 0 aliphatic rings. The maximum Gasteiger partial charge on any atom is 0.373 e. The van der Waals surface area contributed by atoms with E-state index in [0.29, 0.717) is 29.0 Å². The number of ether oxygens (including phenoxy) is 2. The van der Waals surface area contributed by atoms with E-state index in [1.54, 1.807) is 16.8 Å². The van der Waals surface area contributed by atoms with E-state index in [0.717, 1.165) is 5.69 Å². The van der Waals surface area contributed by atoms with Gasteiger partial charge in [0.05, 0.1) is 19.5 Å². The van der Waals surface area contributed by atoms with E-state index in [9.17, 15) is 4.79 Å². The van der Waals surface area contributed by atoms with E-state index < -0.39 is 5.97 Å². The van der Waals surface area contributed by atoms with Gasteiger partial charge in [-0.05, 0) is 41.6 Å². The van der Waals surface area contributed by atoms with Crippen molar-refractivity contribution < 1.29 is 18.7 Å². The predicted molar refractivity (Wildman–Crippen MR) is 89.9 cm³/mol. The second-order valence-electron chi connectivity index (χ2n) is 4.82. The summed E-state index contributed by atoms with van der Waals surface area (Å²) < 4.78 is 17.3. The van der Waals surface area contributed by atoms with E-state index in [1.807, 2.05) is 31.2 Å². The second kappa shape index (κ2) is 7.84. The molecule has 0 fully saturated rings. The third-order valence-electron chi connectivity index (χ3n) is 3.23. The number of methoxy groups -OCH3 is 1. The van der Waals surface area contributed by atoms with E-state index in [1.165, 1.54) is 18.9 Å². The maximum atomic E-state index is 11.4. The number of nitrogens with zero attached hydrogens (tertiary/aromatic N) is 4. The highest BCUT2D eigenvalue weighted by Crippen LogP contribution is 2.28. The molecule has 1 aromatic carbocycles. The van der Waals surface area contributed by atoms with Crippen LogP contribution in [0.15, 0.2) is 46.0 Å². The summed E-state index contributed by atoms with van der Waals surface area (Å²) in [5.74, 6) is 1.45. The fourth-order valence-corrected chi connectivity index (χ4v) is 2.91. The van der Waals surface area contributed by atoms with Crippen LogP contribution in [-0.2, 0) is 10.5 Å². The highest BCUT2D eigenvalue weighted by Gasteiger charge is 2.15. The number of hydrogen-bond donors (Lipinski definition) is 0. The van der Waals surface area contributed by atoms with Crippen LogP contribution >= 0.6 is 11.8 Å². The molecule has 0 atom stereocenters. The van der Waals surface area contributed by atoms with Gasteiger partial charge in [0, 0.05) is 0 Å². The molecule has 0 aliphatic heterocycles. The molecular formula is C16H16N4O4S. The average Bonchev–Trinajstić information content (AvgIpc) is 3.29. The molecule has 2 aromatic heterocycles. The van der Waals surface area contributed by atoms with Crippen molar-refractivity contribution >= 4 is 17.7 Å². The summed E-state index contributed by atoms with van der Waals surface area (Å²) >= 11 is 1.39. The van der Waals surface area contributed by atoms with Crippen molar-refractivity contribution in [3.8, 4) is 11.4 Å². The van der Waals surface area contributed by atoms with Gasteiger partial charge in [0.25, 0.3) is 0 Å². The Balaban J connectivity index is 1.77. The van der Waals surface area contributed by atoms with Gasteiger partial charge < -0.3 is 13.9 Å². The summed E-state index contributed by atoms with van der Waals surface area (Å²) in [5.41, 5.74) is 0.756. The quantitative estimate of drug-likeness (QED) is 0.469. The van der Waals surface area contributed by atoms with Gasteiger partial charge >= 0.3 is 5.97 Å². The van der Waals surface area contributed by atoms with Gasteiger partial charge in [0.2, 0.25) is 10.9 Å². The van der Waals surface area contributed by atoms with Crippen LogP contribution in [0.1, 0.15) is 23.2 Å². The number of benzene rings is 1. The number of hydrogen-bond acceptors (Lipinski definition) is 8. The van der Waals surface area contributed by atoms with Gasteiger partial charge in [0.15, 0.2) is 0 Å². The van der Waals surface area contributed by atoms with Crippen molar-refractivity contribution in [2.45, 2.75) is 17.8 Å². The predicted octanol–water partition coefficient (Wildman–Crippen LogP) is 2.73. The lowest BCUT2D eigenvalue weighted by molar-refractivity contribution is 0.0563. The number of furan rings is 1. The van der Waals surface area contributed by atoms with Crippen LogP contribution in [0, 0.1) is 0 Å². The number of carbonyl (C=O) groups is 1. The first-order valence-corrected chi connectivity index (χ1v) is 8.52. The molecule has 0 saturated carbocycles. The zero-order valence-electron chi connectivity index (χ0n) is 13.7. The Bertz CT molecular complexity index is 861. The SMILES string of the molecule is CCOc1ccccc1-n1nnnc1SCc1ccc(C(=O)OC)o1. The smallest absolute Gasteiger partial charge is 0.373 e. The first-order valence-electron chi connectivity index (χ1n) is 7.53. The number of tetrazole rings is 1. The van der Waals surface area contributed by atoms with Gasteiger partial charge in [-0.25, -0.2) is 4.79 Å². The monoisotopic (exact) mass is 360 g/mol. The van der Waals surface area contributed by atoms with Crippen LogP contribution < -0.4 is 4.74 Å². The minimum absolute atomic E-state index is 0.166. The number of esters is 1. The van der Waals surface area contributed by atoms with Gasteiger partial charge in [-0.15, -0.1) is 5.10 Å². The molecule has 0 amide bonds. The molecule has 0 spiro atoms. The molecule has 25 heavy (non-hydrogen) atoms. The van der Waals surface area contributed by atoms with Crippen LogP contribution in [0.3, 0.4) is 0 Å². The maximum absolute atomic E-state index is 11.4. The number of carbonyl (C=O) groups excluding carboxylic acids is 1. The normalized spacial score (nSPS) is 10.6. The highest BCUT2D eigenvalue weighted by atomic mass is 32.2. The minimum Gasteiger partial charge on any atom is -0.492 e. The summed E-state index contributed by atoms with van der Waals surface area (Å²) in [6, 6.07) is 10.8. The van der Waals surface area contributed by atoms with E-state index in [4.69, 9.17) is 9.15 Å². The summed E-state index contributed by atoms with van der Waals surface area (Å²) in [5, 5.41) is 12.4. The first-order chi connectivity index (χ1) is 12.2. The fourth-order valence-electron chi connectivity index (χ4n) is 2.13. The molecule has 0 saturated heterocycles. The molecule has 3 rings (SSSR count). The van der Waals surface area contributed by atoms with Crippen molar-refractivity contribution in [2.75, 3.05) is 13.7 Å². The van der Waals surface area contributed by atoms with Gasteiger partial charge in [0.1, 0.15) is 17.2 Å². The van der Waals surface area contributed by atoms with Gasteiger partial charge in [-0.3, -0.25) is 0 Å². The van der Waals surface area contributed by atoms with Crippen molar-refractivity contribution in [3.63, 3.8) is 0 Å². The van der Waals surface area contributed by atoms with E-state index >= 15 is 0 Å². The molecule has 2 heterocycles. The molecule has 0 aliphatic carbocycles. The Morgan fingerprint density at radius 2 is 2.12 bits per heavy atom.